The summed E-state index contributed by atoms with van der Waals surface area (Å²) in [5.74, 6) is -0.894. The Bertz CT molecular complexity index is 1010. The maximum Gasteiger partial charge on any atom is 0.251 e. The molecule has 0 bridgehead atoms. The van der Waals surface area contributed by atoms with Crippen LogP contribution in [-0.2, 0) is 6.54 Å². The van der Waals surface area contributed by atoms with E-state index in [0.29, 0.717) is 12.4 Å². The molecule has 0 radical (unpaired) electrons. The van der Waals surface area contributed by atoms with Crippen LogP contribution in [0.1, 0.15) is 30.0 Å². The molecular formula is C21H20F2N4O. The van der Waals surface area contributed by atoms with Gasteiger partial charge in [-0.15, -0.1) is 0 Å². The first-order valence-electron chi connectivity index (χ1n) is 9.26. The maximum atomic E-state index is 13.4. The Morgan fingerprint density at radius 1 is 1.04 bits per heavy atom. The molecule has 0 saturated carbocycles. The van der Waals surface area contributed by atoms with Crippen LogP contribution in [0.25, 0.3) is 11.4 Å². The average Bonchev–Trinajstić information content (AvgIpc) is 2.71. The monoisotopic (exact) mass is 382 g/mol. The van der Waals surface area contributed by atoms with Crippen LogP contribution in [0.15, 0.2) is 53.6 Å². The summed E-state index contributed by atoms with van der Waals surface area (Å²) in [4.78, 5) is 25.7. The standard InChI is InChI=1S/C21H20F2N4O/c22-17-2-1-14(11-18(17)23)13-27-9-5-15(6-10-27)19-12-20(28)26-21(25-19)16-3-7-24-8-4-16/h1-4,7-8,11-12,15H,5-6,9-10,13H2,(H,25,26,28). The molecule has 0 amide bonds. The molecule has 144 valence electrons. The molecule has 1 aliphatic rings. The summed E-state index contributed by atoms with van der Waals surface area (Å²) in [6.45, 7) is 2.19. The van der Waals surface area contributed by atoms with Gasteiger partial charge < -0.3 is 4.98 Å². The summed E-state index contributed by atoms with van der Waals surface area (Å²) < 4.78 is 26.5. The number of halogens is 2. The summed E-state index contributed by atoms with van der Waals surface area (Å²) in [6, 6.07) is 9.22. The second-order valence-corrected chi connectivity index (χ2v) is 7.05. The predicted molar refractivity (Wildman–Crippen MR) is 102 cm³/mol. The number of piperidine rings is 1. The second kappa shape index (κ2) is 7.98. The minimum absolute atomic E-state index is 0.166. The maximum absolute atomic E-state index is 13.4. The van der Waals surface area contributed by atoms with E-state index in [4.69, 9.17) is 0 Å². The van der Waals surface area contributed by atoms with E-state index in [0.717, 1.165) is 48.8 Å². The van der Waals surface area contributed by atoms with Crippen LogP contribution < -0.4 is 5.56 Å². The minimum atomic E-state index is -0.826. The quantitative estimate of drug-likeness (QED) is 0.750. The zero-order chi connectivity index (χ0) is 19.5. The van der Waals surface area contributed by atoms with Crippen molar-refractivity contribution in [2.75, 3.05) is 13.1 Å². The largest absolute Gasteiger partial charge is 0.307 e. The Kier molecular flexibility index (Phi) is 5.25. The van der Waals surface area contributed by atoms with Crippen molar-refractivity contribution in [3.8, 4) is 11.4 Å². The molecule has 1 saturated heterocycles. The summed E-state index contributed by atoms with van der Waals surface area (Å²) >= 11 is 0. The summed E-state index contributed by atoms with van der Waals surface area (Å²) in [5.41, 5.74) is 2.21. The molecule has 2 aromatic heterocycles. The fourth-order valence-corrected chi connectivity index (χ4v) is 3.62. The number of aromatic nitrogens is 3. The minimum Gasteiger partial charge on any atom is -0.307 e. The van der Waals surface area contributed by atoms with Crippen LogP contribution in [0.5, 0.6) is 0 Å². The highest BCUT2D eigenvalue weighted by atomic mass is 19.2. The van der Waals surface area contributed by atoms with Gasteiger partial charge in [-0.2, -0.15) is 0 Å². The number of H-pyrrole nitrogens is 1. The summed E-state index contributed by atoms with van der Waals surface area (Å²) in [5, 5.41) is 0. The molecule has 3 heterocycles. The third-order valence-electron chi connectivity index (χ3n) is 5.11. The molecule has 0 unspecified atom stereocenters. The van der Waals surface area contributed by atoms with Gasteiger partial charge in [0.15, 0.2) is 11.6 Å². The number of nitrogens with zero attached hydrogens (tertiary/aromatic N) is 3. The van der Waals surface area contributed by atoms with Crippen molar-refractivity contribution in [3.05, 3.63) is 82.0 Å². The molecule has 28 heavy (non-hydrogen) atoms. The van der Waals surface area contributed by atoms with Crippen LogP contribution >= 0.6 is 0 Å². The predicted octanol–water partition coefficient (Wildman–Crippen LogP) is 3.49. The van der Waals surface area contributed by atoms with E-state index in [1.54, 1.807) is 24.5 Å². The number of rotatable bonds is 4. The topological polar surface area (TPSA) is 61.9 Å². The van der Waals surface area contributed by atoms with Crippen molar-refractivity contribution in [1.82, 2.24) is 19.9 Å². The van der Waals surface area contributed by atoms with Gasteiger partial charge in [-0.3, -0.25) is 14.7 Å². The molecule has 3 aromatic rings. The van der Waals surface area contributed by atoms with Crippen LogP contribution in [0.3, 0.4) is 0 Å². The number of likely N-dealkylation sites (tertiary alicyclic amines) is 1. The number of hydrogen-bond donors (Lipinski definition) is 1. The Morgan fingerprint density at radius 3 is 2.50 bits per heavy atom. The van der Waals surface area contributed by atoms with E-state index >= 15 is 0 Å². The third kappa shape index (κ3) is 4.14. The van der Waals surface area contributed by atoms with Crippen molar-refractivity contribution in [2.24, 2.45) is 0 Å². The van der Waals surface area contributed by atoms with Gasteiger partial charge >= 0.3 is 0 Å². The van der Waals surface area contributed by atoms with Gasteiger partial charge in [-0.1, -0.05) is 6.07 Å². The lowest BCUT2D eigenvalue weighted by atomic mass is 9.93. The van der Waals surface area contributed by atoms with Crippen LogP contribution in [0.2, 0.25) is 0 Å². The van der Waals surface area contributed by atoms with Gasteiger partial charge in [0.25, 0.3) is 5.56 Å². The first-order chi connectivity index (χ1) is 13.6. The highest BCUT2D eigenvalue weighted by Crippen LogP contribution is 2.28. The van der Waals surface area contributed by atoms with Crippen molar-refractivity contribution < 1.29 is 8.78 Å². The first kappa shape index (κ1) is 18.4. The number of nitrogens with one attached hydrogen (secondary N) is 1. The third-order valence-corrected chi connectivity index (χ3v) is 5.11. The number of benzene rings is 1. The molecule has 7 heteroatoms. The molecule has 4 rings (SSSR count). The zero-order valence-corrected chi connectivity index (χ0v) is 15.2. The number of pyridine rings is 1. The Labute approximate surface area is 161 Å². The zero-order valence-electron chi connectivity index (χ0n) is 15.2. The van der Waals surface area contributed by atoms with Crippen molar-refractivity contribution in [1.29, 1.82) is 0 Å². The molecule has 1 N–H and O–H groups in total. The van der Waals surface area contributed by atoms with Crippen LogP contribution in [0, 0.1) is 11.6 Å². The average molecular weight is 382 g/mol. The van der Waals surface area contributed by atoms with Gasteiger partial charge in [0.05, 0.1) is 5.69 Å². The Morgan fingerprint density at radius 2 is 1.79 bits per heavy atom. The summed E-state index contributed by atoms with van der Waals surface area (Å²) in [6.07, 6.45) is 5.05. The lowest BCUT2D eigenvalue weighted by Crippen LogP contribution is -2.33. The smallest absolute Gasteiger partial charge is 0.251 e. The molecule has 1 aromatic carbocycles. The van der Waals surface area contributed by atoms with E-state index in [9.17, 15) is 13.6 Å². The molecular weight excluding hydrogens is 362 g/mol. The molecule has 0 atom stereocenters. The van der Waals surface area contributed by atoms with Crippen LogP contribution in [0.4, 0.5) is 8.78 Å². The van der Waals surface area contributed by atoms with E-state index in [-0.39, 0.29) is 11.5 Å². The molecule has 1 fully saturated rings. The van der Waals surface area contributed by atoms with Crippen molar-refractivity contribution in [2.45, 2.75) is 25.3 Å². The van der Waals surface area contributed by atoms with Gasteiger partial charge in [0, 0.05) is 36.5 Å². The highest BCUT2D eigenvalue weighted by molar-refractivity contribution is 5.53. The van der Waals surface area contributed by atoms with Gasteiger partial charge in [0.2, 0.25) is 0 Å². The second-order valence-electron chi connectivity index (χ2n) is 7.05. The van der Waals surface area contributed by atoms with Crippen molar-refractivity contribution in [3.63, 3.8) is 0 Å². The SMILES string of the molecule is O=c1cc(C2CCN(Cc3ccc(F)c(F)c3)CC2)nc(-c2ccncc2)[nH]1. The number of aromatic amines is 1. The molecule has 0 spiro atoms. The Balaban J connectivity index is 1.44. The fourth-order valence-electron chi connectivity index (χ4n) is 3.62. The fraction of sp³-hybridized carbons (Fsp3) is 0.286. The summed E-state index contributed by atoms with van der Waals surface area (Å²) in [7, 11) is 0. The van der Waals surface area contributed by atoms with Crippen LogP contribution in [-0.4, -0.2) is 32.9 Å². The number of hydrogen-bond acceptors (Lipinski definition) is 4. The Hall–Kier alpha value is -2.93. The normalized spacial score (nSPS) is 15.6. The van der Waals surface area contributed by atoms with E-state index in [1.807, 2.05) is 12.1 Å². The lowest BCUT2D eigenvalue weighted by molar-refractivity contribution is 0.203. The van der Waals surface area contributed by atoms with Gasteiger partial charge in [-0.05, 0) is 55.8 Å². The van der Waals surface area contributed by atoms with Gasteiger partial charge in [-0.25, -0.2) is 13.8 Å². The highest BCUT2D eigenvalue weighted by Gasteiger charge is 2.23. The van der Waals surface area contributed by atoms with E-state index in [1.165, 1.54) is 6.07 Å². The van der Waals surface area contributed by atoms with E-state index < -0.39 is 11.6 Å². The van der Waals surface area contributed by atoms with Crippen molar-refractivity contribution >= 4 is 0 Å². The molecule has 0 aliphatic carbocycles. The van der Waals surface area contributed by atoms with E-state index in [2.05, 4.69) is 19.9 Å². The molecule has 5 nitrogen and oxygen atoms in total. The molecule has 1 aliphatic heterocycles. The first-order valence-corrected chi connectivity index (χ1v) is 9.26. The van der Waals surface area contributed by atoms with Gasteiger partial charge in [0.1, 0.15) is 5.82 Å². The lowest BCUT2D eigenvalue weighted by Gasteiger charge is -2.31.